The molecule has 0 amide bonds. The highest BCUT2D eigenvalue weighted by Gasteiger charge is 2.20. The summed E-state index contributed by atoms with van der Waals surface area (Å²) >= 11 is 0. The minimum absolute atomic E-state index is 0.153. The summed E-state index contributed by atoms with van der Waals surface area (Å²) in [5.41, 5.74) is 0.461. The van der Waals surface area contributed by atoms with Crippen LogP contribution < -0.4 is 0 Å². The van der Waals surface area contributed by atoms with Gasteiger partial charge in [0.05, 0.1) is 13.0 Å². The third-order valence-corrected chi connectivity index (χ3v) is 2.30. The molecule has 0 aliphatic rings. The zero-order valence-electron chi connectivity index (χ0n) is 8.80. The maximum atomic E-state index is 13.3. The monoisotopic (exact) mass is 214 g/mol. The zero-order chi connectivity index (χ0) is 11.6. The molecule has 4 heteroatoms. The highest BCUT2D eigenvalue weighted by Crippen LogP contribution is 2.23. The van der Waals surface area contributed by atoms with E-state index < -0.39 is 23.5 Å². The molecule has 1 unspecified atom stereocenters. The number of aryl methyl sites for hydroxylation is 1. The molecule has 0 fully saturated rings. The number of carbonyl (C=O) groups excluding carboxylic acids is 1. The fraction of sp³-hybridized carbons (Fsp3) is 0.364. The first-order valence-corrected chi connectivity index (χ1v) is 4.50. The van der Waals surface area contributed by atoms with Crippen LogP contribution >= 0.6 is 0 Å². The van der Waals surface area contributed by atoms with Crippen molar-refractivity contribution in [3.8, 4) is 0 Å². The molecule has 1 atom stereocenters. The summed E-state index contributed by atoms with van der Waals surface area (Å²) in [5, 5.41) is 0. The number of carbonyl (C=O) groups is 1. The molecular formula is C11H12F2O2. The fourth-order valence-electron chi connectivity index (χ4n) is 1.32. The lowest BCUT2D eigenvalue weighted by atomic mass is 9.98. The van der Waals surface area contributed by atoms with Crippen LogP contribution in [0.1, 0.15) is 24.0 Å². The van der Waals surface area contributed by atoms with Crippen molar-refractivity contribution in [2.75, 3.05) is 7.11 Å². The Labute approximate surface area is 86.9 Å². The van der Waals surface area contributed by atoms with Crippen LogP contribution in [0.15, 0.2) is 12.1 Å². The van der Waals surface area contributed by atoms with Gasteiger partial charge in [0.1, 0.15) is 11.6 Å². The van der Waals surface area contributed by atoms with Gasteiger partial charge in [-0.2, -0.15) is 0 Å². The van der Waals surface area contributed by atoms with E-state index in [0.29, 0.717) is 5.56 Å². The number of hydrogen-bond donors (Lipinski definition) is 0. The molecule has 0 aliphatic carbocycles. The van der Waals surface area contributed by atoms with Gasteiger partial charge < -0.3 is 4.74 Å². The first-order chi connectivity index (χ1) is 6.97. The van der Waals surface area contributed by atoms with Gasteiger partial charge in [0.25, 0.3) is 0 Å². The normalized spacial score (nSPS) is 12.3. The molecule has 15 heavy (non-hydrogen) atoms. The molecule has 0 saturated carbocycles. The maximum absolute atomic E-state index is 13.3. The van der Waals surface area contributed by atoms with Crippen molar-refractivity contribution < 1.29 is 18.3 Å². The van der Waals surface area contributed by atoms with Gasteiger partial charge in [-0.1, -0.05) is 0 Å². The van der Waals surface area contributed by atoms with Crippen LogP contribution in [0.2, 0.25) is 0 Å². The maximum Gasteiger partial charge on any atom is 0.312 e. The Balaban J connectivity index is 3.14. The van der Waals surface area contributed by atoms with Gasteiger partial charge in [-0.15, -0.1) is 0 Å². The van der Waals surface area contributed by atoms with Gasteiger partial charge in [-0.05, 0) is 25.5 Å². The SMILES string of the molecule is COC(=O)C(C)c1cc(C)c(F)cc1F. The van der Waals surface area contributed by atoms with Gasteiger partial charge in [0, 0.05) is 11.6 Å². The van der Waals surface area contributed by atoms with E-state index in [2.05, 4.69) is 4.74 Å². The van der Waals surface area contributed by atoms with E-state index in [1.807, 2.05) is 0 Å². The van der Waals surface area contributed by atoms with Crippen molar-refractivity contribution in [3.63, 3.8) is 0 Å². The van der Waals surface area contributed by atoms with E-state index in [1.165, 1.54) is 27.0 Å². The van der Waals surface area contributed by atoms with Crippen LogP contribution in [0.4, 0.5) is 8.78 Å². The van der Waals surface area contributed by atoms with Gasteiger partial charge in [0.2, 0.25) is 0 Å². The summed E-state index contributed by atoms with van der Waals surface area (Å²) in [7, 11) is 1.23. The Kier molecular flexibility index (Phi) is 3.39. The van der Waals surface area contributed by atoms with Crippen LogP contribution in [-0.2, 0) is 9.53 Å². The molecule has 0 N–H and O–H groups in total. The molecule has 0 heterocycles. The fourth-order valence-corrected chi connectivity index (χ4v) is 1.32. The molecule has 0 bridgehead atoms. The second kappa shape index (κ2) is 4.38. The highest BCUT2D eigenvalue weighted by atomic mass is 19.1. The van der Waals surface area contributed by atoms with Crippen molar-refractivity contribution in [1.29, 1.82) is 0 Å². The summed E-state index contributed by atoms with van der Waals surface area (Å²) in [6.07, 6.45) is 0. The molecule has 0 radical (unpaired) electrons. The first kappa shape index (κ1) is 11.6. The summed E-state index contributed by atoms with van der Waals surface area (Å²) in [6, 6.07) is 2.11. The molecule has 0 aliphatic heterocycles. The van der Waals surface area contributed by atoms with E-state index in [1.54, 1.807) is 0 Å². The van der Waals surface area contributed by atoms with Gasteiger partial charge in [0.15, 0.2) is 0 Å². The van der Waals surface area contributed by atoms with Crippen LogP contribution in [0.5, 0.6) is 0 Å². The minimum atomic E-state index is -0.728. The van der Waals surface area contributed by atoms with E-state index in [0.717, 1.165) is 6.07 Å². The lowest BCUT2D eigenvalue weighted by molar-refractivity contribution is -0.142. The number of ether oxygens (including phenoxy) is 1. The third-order valence-electron chi connectivity index (χ3n) is 2.30. The number of halogens is 2. The standard InChI is InChI=1S/C11H12F2O2/c1-6-4-8(7(2)11(14)15-3)10(13)5-9(6)12/h4-5,7H,1-3H3. The van der Waals surface area contributed by atoms with E-state index in [9.17, 15) is 13.6 Å². The Bertz CT molecular complexity index is 388. The van der Waals surface area contributed by atoms with E-state index in [-0.39, 0.29) is 5.56 Å². The van der Waals surface area contributed by atoms with Crippen LogP contribution in [0, 0.1) is 18.6 Å². The topological polar surface area (TPSA) is 26.3 Å². The second-order valence-electron chi connectivity index (χ2n) is 3.37. The van der Waals surface area contributed by atoms with Crippen molar-refractivity contribution in [3.05, 3.63) is 34.9 Å². The predicted molar refractivity (Wildman–Crippen MR) is 51.5 cm³/mol. The number of esters is 1. The Morgan fingerprint density at radius 3 is 2.47 bits per heavy atom. The summed E-state index contributed by atoms with van der Waals surface area (Å²) in [6.45, 7) is 3.03. The predicted octanol–water partition coefficient (Wildman–Crippen LogP) is 2.55. The highest BCUT2D eigenvalue weighted by molar-refractivity contribution is 5.77. The van der Waals surface area contributed by atoms with Crippen molar-refractivity contribution in [2.24, 2.45) is 0 Å². The molecule has 2 nitrogen and oxygen atoms in total. The van der Waals surface area contributed by atoms with Gasteiger partial charge in [-0.3, -0.25) is 4.79 Å². The molecular weight excluding hydrogens is 202 g/mol. The Hall–Kier alpha value is -1.45. The molecule has 1 aromatic carbocycles. The average Bonchev–Trinajstić information content (AvgIpc) is 2.21. The molecule has 0 spiro atoms. The molecule has 82 valence electrons. The van der Waals surface area contributed by atoms with Crippen LogP contribution in [0.3, 0.4) is 0 Å². The lowest BCUT2D eigenvalue weighted by Crippen LogP contribution is -2.12. The molecule has 0 saturated heterocycles. The number of rotatable bonds is 2. The summed E-state index contributed by atoms with van der Waals surface area (Å²) in [5.74, 6) is -2.61. The minimum Gasteiger partial charge on any atom is -0.469 e. The van der Waals surface area contributed by atoms with Crippen molar-refractivity contribution in [1.82, 2.24) is 0 Å². The average molecular weight is 214 g/mol. The third kappa shape index (κ3) is 2.32. The van der Waals surface area contributed by atoms with Crippen molar-refractivity contribution in [2.45, 2.75) is 19.8 Å². The molecule has 0 aromatic heterocycles. The lowest BCUT2D eigenvalue weighted by Gasteiger charge is -2.11. The smallest absolute Gasteiger partial charge is 0.312 e. The van der Waals surface area contributed by atoms with Gasteiger partial charge >= 0.3 is 5.97 Å². The Morgan fingerprint density at radius 2 is 1.93 bits per heavy atom. The zero-order valence-corrected chi connectivity index (χ0v) is 8.80. The van der Waals surface area contributed by atoms with Gasteiger partial charge in [-0.25, -0.2) is 8.78 Å². The van der Waals surface area contributed by atoms with Crippen LogP contribution in [0.25, 0.3) is 0 Å². The number of benzene rings is 1. The summed E-state index contributed by atoms with van der Waals surface area (Å²) < 4.78 is 30.8. The number of methoxy groups -OCH3 is 1. The van der Waals surface area contributed by atoms with E-state index in [4.69, 9.17) is 0 Å². The van der Waals surface area contributed by atoms with Crippen molar-refractivity contribution >= 4 is 5.97 Å². The molecule has 1 rings (SSSR count). The summed E-state index contributed by atoms with van der Waals surface area (Å²) in [4.78, 5) is 11.2. The first-order valence-electron chi connectivity index (χ1n) is 4.50. The largest absolute Gasteiger partial charge is 0.469 e. The molecule has 1 aromatic rings. The van der Waals surface area contributed by atoms with Crippen LogP contribution in [-0.4, -0.2) is 13.1 Å². The Morgan fingerprint density at radius 1 is 1.33 bits per heavy atom. The van der Waals surface area contributed by atoms with E-state index >= 15 is 0 Å². The quantitative estimate of drug-likeness (QED) is 0.707. The number of hydrogen-bond acceptors (Lipinski definition) is 2. The second-order valence-corrected chi connectivity index (χ2v) is 3.37.